The second kappa shape index (κ2) is 15.0. The summed E-state index contributed by atoms with van der Waals surface area (Å²) in [5.41, 5.74) is 5.17. The highest BCUT2D eigenvalue weighted by atomic mass is 32.2. The van der Waals surface area contributed by atoms with Gasteiger partial charge in [-0.2, -0.15) is 0 Å². The maximum absolute atomic E-state index is 13.5. The van der Waals surface area contributed by atoms with Crippen LogP contribution in [0.4, 0.5) is 5.82 Å². The lowest BCUT2D eigenvalue weighted by molar-refractivity contribution is -0.128. The Morgan fingerprint density at radius 3 is 2.62 bits per heavy atom. The molecule has 42 heavy (non-hydrogen) atoms. The molecule has 0 fully saturated rings. The van der Waals surface area contributed by atoms with Crippen molar-refractivity contribution < 1.29 is 18.8 Å². The summed E-state index contributed by atoms with van der Waals surface area (Å²) in [5.74, 6) is 2.23. The largest absolute Gasteiger partial charge is 0.377 e. The first-order valence-corrected chi connectivity index (χ1v) is 15.4. The van der Waals surface area contributed by atoms with Crippen molar-refractivity contribution in [2.45, 2.75) is 78.0 Å². The van der Waals surface area contributed by atoms with Crippen LogP contribution in [0.25, 0.3) is 11.1 Å². The van der Waals surface area contributed by atoms with Gasteiger partial charge in [0.25, 0.3) is 5.91 Å². The number of carbonyl (C=O) groups excluding carboxylic acids is 2. The summed E-state index contributed by atoms with van der Waals surface area (Å²) in [6.07, 6.45) is 3.24. The van der Waals surface area contributed by atoms with E-state index in [1.54, 1.807) is 9.80 Å². The number of benzene rings is 2. The lowest BCUT2D eigenvalue weighted by Gasteiger charge is -2.22. The number of aryl methyl sites for hydroxylation is 1. The first kappa shape index (κ1) is 31.3. The predicted octanol–water partition coefficient (Wildman–Crippen LogP) is 6.39. The number of amides is 2. The van der Waals surface area contributed by atoms with Gasteiger partial charge in [0.2, 0.25) is 6.41 Å². The maximum atomic E-state index is 13.5. The van der Waals surface area contributed by atoms with Crippen molar-refractivity contribution in [3.63, 3.8) is 0 Å². The summed E-state index contributed by atoms with van der Waals surface area (Å²) in [5, 5.41) is 4.12. The number of nitrogens with one attached hydrogen (secondary N) is 1. The molecule has 9 nitrogen and oxygen atoms in total. The van der Waals surface area contributed by atoms with Crippen molar-refractivity contribution in [2.75, 3.05) is 24.4 Å². The average Bonchev–Trinajstić information content (AvgIpc) is 3.47. The fourth-order valence-electron chi connectivity index (χ4n) is 4.94. The highest BCUT2D eigenvalue weighted by Gasteiger charge is 2.35. The van der Waals surface area contributed by atoms with Crippen LogP contribution in [-0.4, -0.2) is 58.8 Å². The highest BCUT2D eigenvalue weighted by molar-refractivity contribution is 8.00. The number of aromatic nitrogens is 1. The van der Waals surface area contributed by atoms with Gasteiger partial charge in [-0.15, -0.1) is 0 Å². The second-order valence-corrected chi connectivity index (χ2v) is 11.2. The van der Waals surface area contributed by atoms with Gasteiger partial charge in [0.15, 0.2) is 5.82 Å². The first-order chi connectivity index (χ1) is 20.4. The van der Waals surface area contributed by atoms with Gasteiger partial charge in [0, 0.05) is 30.0 Å². The third-order valence-electron chi connectivity index (χ3n) is 7.27. The molecule has 0 aliphatic carbocycles. The van der Waals surface area contributed by atoms with E-state index in [4.69, 9.17) is 14.3 Å². The molecule has 1 aliphatic heterocycles. The zero-order valence-corrected chi connectivity index (χ0v) is 26.0. The maximum Gasteiger partial charge on any atom is 0.254 e. The molecule has 1 aliphatic rings. The van der Waals surface area contributed by atoms with Crippen molar-refractivity contribution in [1.82, 2.24) is 15.0 Å². The summed E-state index contributed by atoms with van der Waals surface area (Å²) in [6, 6.07) is 14.0. The fourth-order valence-corrected chi connectivity index (χ4v) is 5.77. The molecular formula is C32H41N5O4S. The number of hydrogen-bond acceptors (Lipinski definition) is 8. The van der Waals surface area contributed by atoms with E-state index < -0.39 is 6.04 Å². The van der Waals surface area contributed by atoms with Gasteiger partial charge >= 0.3 is 0 Å². The zero-order valence-electron chi connectivity index (χ0n) is 25.2. The van der Waals surface area contributed by atoms with Gasteiger partial charge in [-0.1, -0.05) is 55.4 Å². The second-order valence-electron chi connectivity index (χ2n) is 10.4. The van der Waals surface area contributed by atoms with Crippen LogP contribution in [0, 0.1) is 13.8 Å². The molecule has 0 spiro atoms. The standard InChI is InChI=1S/C32H41N5O4S/c1-6-11-30-33-28(19-36(21-38)16-7-2)32(39)37(30)18-24-14-15-26(25(17-24)20-40-8-3)27-12-9-10-13-29(27)42-35-31-22(4)23(5)41-34-31/h9-10,12-15,17,21,28H,6-8,11,16,18-20H2,1-5H3,(H,34,35). The van der Waals surface area contributed by atoms with E-state index in [1.165, 1.54) is 11.9 Å². The van der Waals surface area contributed by atoms with Crippen molar-refractivity contribution in [3.05, 3.63) is 64.9 Å². The number of hydrogen-bond donors (Lipinski definition) is 1. The zero-order chi connectivity index (χ0) is 30.1. The highest BCUT2D eigenvalue weighted by Crippen LogP contribution is 2.35. The normalized spacial score (nSPS) is 14.8. The molecule has 0 saturated heterocycles. The third-order valence-corrected chi connectivity index (χ3v) is 8.14. The average molecular weight is 592 g/mol. The van der Waals surface area contributed by atoms with Crippen molar-refractivity contribution in [2.24, 2.45) is 4.99 Å². The van der Waals surface area contributed by atoms with Crippen molar-refractivity contribution in [3.8, 4) is 11.1 Å². The Labute approximate surface area is 252 Å². The molecule has 3 aromatic rings. The van der Waals surface area contributed by atoms with Crippen LogP contribution in [0.1, 0.15) is 62.5 Å². The van der Waals surface area contributed by atoms with E-state index in [0.29, 0.717) is 45.1 Å². The Kier molecular flexibility index (Phi) is 11.2. The minimum absolute atomic E-state index is 0.0527. The Hall–Kier alpha value is -3.63. The van der Waals surface area contributed by atoms with Gasteiger partial charge in [-0.05, 0) is 73.9 Å². The number of carbonyl (C=O) groups is 2. The fraction of sp³-hybridized carbons (Fsp3) is 0.438. The van der Waals surface area contributed by atoms with Crippen molar-refractivity contribution >= 4 is 35.9 Å². The van der Waals surface area contributed by atoms with E-state index in [-0.39, 0.29) is 5.91 Å². The van der Waals surface area contributed by atoms with E-state index >= 15 is 0 Å². The molecule has 1 atom stereocenters. The molecule has 10 heteroatoms. The molecular weight excluding hydrogens is 550 g/mol. The summed E-state index contributed by atoms with van der Waals surface area (Å²) in [4.78, 5) is 34.2. The molecule has 1 unspecified atom stereocenters. The molecule has 0 bridgehead atoms. The van der Waals surface area contributed by atoms with Gasteiger partial charge < -0.3 is 18.9 Å². The Morgan fingerprint density at radius 2 is 1.93 bits per heavy atom. The molecule has 0 saturated carbocycles. The number of ether oxygens (including phenoxy) is 1. The topological polar surface area (TPSA) is 100 Å². The lowest BCUT2D eigenvalue weighted by Crippen LogP contribution is -2.40. The van der Waals surface area contributed by atoms with Gasteiger partial charge in [-0.25, -0.2) is 0 Å². The predicted molar refractivity (Wildman–Crippen MR) is 167 cm³/mol. The number of rotatable bonds is 16. The minimum Gasteiger partial charge on any atom is -0.377 e. The lowest BCUT2D eigenvalue weighted by atomic mass is 9.97. The molecule has 4 rings (SSSR count). The summed E-state index contributed by atoms with van der Waals surface area (Å²) in [7, 11) is 0. The van der Waals surface area contributed by atoms with E-state index in [2.05, 4.69) is 47.1 Å². The van der Waals surface area contributed by atoms with Gasteiger partial charge in [0.05, 0.1) is 19.7 Å². The molecule has 1 N–H and O–H groups in total. The molecule has 2 heterocycles. The minimum atomic E-state index is -0.556. The Balaban J connectivity index is 1.59. The van der Waals surface area contributed by atoms with Crippen LogP contribution < -0.4 is 4.72 Å². The van der Waals surface area contributed by atoms with Crippen LogP contribution >= 0.6 is 11.9 Å². The number of aliphatic imine (C=N–C) groups is 1. The molecule has 0 radical (unpaired) electrons. The third kappa shape index (κ3) is 7.41. The Bertz CT molecular complexity index is 1410. The first-order valence-electron chi connectivity index (χ1n) is 14.6. The van der Waals surface area contributed by atoms with E-state index in [9.17, 15) is 9.59 Å². The summed E-state index contributed by atoms with van der Waals surface area (Å²) >= 11 is 1.49. The molecule has 2 aromatic carbocycles. The van der Waals surface area contributed by atoms with Crippen LogP contribution in [-0.2, 0) is 27.5 Å². The quantitative estimate of drug-likeness (QED) is 0.152. The van der Waals surface area contributed by atoms with Gasteiger partial charge in [-0.3, -0.25) is 19.5 Å². The SMILES string of the molecule is CCCC1=NC(CN(C=O)CCC)C(=O)N1Cc1ccc(-c2ccccc2SNc2noc(C)c2C)c(COCC)c1. The number of anilines is 1. The Morgan fingerprint density at radius 1 is 1.12 bits per heavy atom. The molecule has 1 aromatic heterocycles. The van der Waals surface area contributed by atoms with Crippen LogP contribution in [0.5, 0.6) is 0 Å². The van der Waals surface area contributed by atoms with Crippen molar-refractivity contribution in [1.29, 1.82) is 0 Å². The summed E-state index contributed by atoms with van der Waals surface area (Å²) in [6.45, 7) is 12.3. The van der Waals surface area contributed by atoms with E-state index in [0.717, 1.165) is 63.6 Å². The molecule has 2 amide bonds. The summed E-state index contributed by atoms with van der Waals surface area (Å²) < 4.78 is 14.5. The van der Waals surface area contributed by atoms with Crippen LogP contribution in [0.3, 0.4) is 0 Å². The van der Waals surface area contributed by atoms with Gasteiger partial charge in [0.1, 0.15) is 17.6 Å². The molecule has 224 valence electrons. The number of amidine groups is 1. The van der Waals surface area contributed by atoms with E-state index in [1.807, 2.05) is 39.8 Å². The smallest absolute Gasteiger partial charge is 0.254 e. The monoisotopic (exact) mass is 591 g/mol. The van der Waals surface area contributed by atoms with Crippen LogP contribution in [0.2, 0.25) is 0 Å². The van der Waals surface area contributed by atoms with Crippen LogP contribution in [0.15, 0.2) is 56.9 Å². The number of nitrogens with zero attached hydrogens (tertiary/aromatic N) is 4.